The van der Waals surface area contributed by atoms with E-state index in [-0.39, 0.29) is 56.8 Å². The second kappa shape index (κ2) is 23.2. The van der Waals surface area contributed by atoms with E-state index in [0.29, 0.717) is 36.2 Å². The van der Waals surface area contributed by atoms with Crippen LogP contribution in [0.3, 0.4) is 0 Å². The first-order valence-corrected chi connectivity index (χ1v) is 16.9. The molecule has 0 amide bonds. The van der Waals surface area contributed by atoms with E-state index in [0.717, 1.165) is 49.7 Å². The van der Waals surface area contributed by atoms with Gasteiger partial charge in [-0.3, -0.25) is 4.39 Å². The summed E-state index contributed by atoms with van der Waals surface area (Å²) in [5.41, 5.74) is 6.64. The van der Waals surface area contributed by atoms with Crippen molar-refractivity contribution < 1.29 is 56.0 Å². The van der Waals surface area contributed by atoms with E-state index in [1.807, 2.05) is 19.9 Å². The molecule has 0 bridgehead atoms. The number of allylic oxidation sites excluding steroid dienone is 6. The fourth-order valence-corrected chi connectivity index (χ4v) is 6.63. The average Bonchev–Trinajstić information content (AvgIpc) is 3.00. The quantitative estimate of drug-likeness (QED) is 0.0702. The van der Waals surface area contributed by atoms with Crippen molar-refractivity contribution in [2.24, 2.45) is 34.3 Å². The van der Waals surface area contributed by atoms with Crippen LogP contribution in [0, 0.1) is 35.3 Å². The van der Waals surface area contributed by atoms with Gasteiger partial charge in [-0.25, -0.2) is 0 Å². The van der Waals surface area contributed by atoms with Crippen LogP contribution < -0.4 is 5.73 Å². The van der Waals surface area contributed by atoms with Crippen LogP contribution in [-0.2, 0) is 51.7 Å². The summed E-state index contributed by atoms with van der Waals surface area (Å²) >= 11 is 0. The van der Waals surface area contributed by atoms with Crippen molar-refractivity contribution in [1.82, 2.24) is 0 Å². The minimum Gasteiger partial charge on any atom is -0.473 e. The number of rotatable bonds is 17. The summed E-state index contributed by atoms with van der Waals surface area (Å²) in [6, 6.07) is 0. The van der Waals surface area contributed by atoms with Crippen LogP contribution in [0.25, 0.3) is 0 Å². The van der Waals surface area contributed by atoms with Gasteiger partial charge in [0, 0.05) is 32.7 Å². The maximum atomic E-state index is 11.1. The molecule has 2 rings (SSSR count). The van der Waals surface area contributed by atoms with Crippen LogP contribution in [0.5, 0.6) is 0 Å². The minimum atomic E-state index is -0.303. The smallest absolute Gasteiger partial charge is 0.197 e. The second-order valence-electron chi connectivity index (χ2n) is 14.2. The third-order valence-electron chi connectivity index (χ3n) is 9.61. The fraction of sp³-hybridized carbons (Fsp3) is 0.667. The van der Waals surface area contributed by atoms with Crippen molar-refractivity contribution in [1.29, 1.82) is 0 Å². The molecule has 46 heavy (non-hydrogen) atoms. The van der Waals surface area contributed by atoms with Gasteiger partial charge in [-0.1, -0.05) is 59.9 Å². The van der Waals surface area contributed by atoms with Gasteiger partial charge in [0.2, 0.25) is 0 Å². The van der Waals surface area contributed by atoms with Gasteiger partial charge >= 0.3 is 0 Å². The molecule has 2 aliphatic carbocycles. The van der Waals surface area contributed by atoms with Crippen LogP contribution >= 0.6 is 0 Å². The minimum absolute atomic E-state index is 0. The summed E-state index contributed by atoms with van der Waals surface area (Å²) < 4.78 is 34.9. The Bertz CT molecular complexity index is 940. The Balaban J connectivity index is 0.00000263. The normalized spacial score (nSPS) is 24.2. The van der Waals surface area contributed by atoms with Gasteiger partial charge in [-0.05, 0) is 126 Å². The van der Waals surface area contributed by atoms with E-state index < -0.39 is 0 Å². The van der Waals surface area contributed by atoms with Crippen molar-refractivity contribution in [3.05, 3.63) is 81.0 Å². The Morgan fingerprint density at radius 3 is 1.74 bits per heavy atom. The Kier molecular flexibility index (Phi) is 22.6. The molecule has 0 aromatic rings. The first kappa shape index (κ1) is 44.8. The zero-order valence-corrected chi connectivity index (χ0v) is 33.0. The van der Waals surface area contributed by atoms with E-state index in [9.17, 15) is 4.39 Å². The van der Waals surface area contributed by atoms with Gasteiger partial charge in [-0.15, -0.1) is 0 Å². The van der Waals surface area contributed by atoms with E-state index in [1.54, 1.807) is 6.08 Å². The predicted octanol–water partition coefficient (Wildman–Crippen LogP) is 10.5. The molecule has 2 aliphatic rings. The zero-order valence-electron chi connectivity index (χ0n) is 30.1. The van der Waals surface area contributed by atoms with E-state index >= 15 is 0 Å². The molecule has 3 atom stereocenters. The third-order valence-corrected chi connectivity index (χ3v) is 9.61. The van der Waals surface area contributed by atoms with Crippen LogP contribution in [0.1, 0.15) is 106 Å². The van der Waals surface area contributed by atoms with Gasteiger partial charge in [0.15, 0.2) is 12.6 Å². The molecule has 7 heteroatoms. The van der Waals surface area contributed by atoms with Gasteiger partial charge < -0.3 is 24.7 Å². The number of hydrogen-bond acceptors (Lipinski definition) is 5. The molecule has 0 aliphatic heterocycles. The molecule has 2 saturated carbocycles. The van der Waals surface area contributed by atoms with Crippen LogP contribution in [0.4, 0.5) is 4.39 Å². The van der Waals surface area contributed by atoms with Crippen molar-refractivity contribution in [2.75, 3.05) is 6.54 Å². The molecule has 261 valence electrons. The van der Waals surface area contributed by atoms with Crippen LogP contribution in [0.2, 0.25) is 0 Å². The van der Waals surface area contributed by atoms with Gasteiger partial charge in [0.05, 0.1) is 18.5 Å². The number of ether oxygens (including phenoxy) is 4. The van der Waals surface area contributed by atoms with Crippen LogP contribution in [-0.4, -0.2) is 31.3 Å². The van der Waals surface area contributed by atoms with Gasteiger partial charge in [0.1, 0.15) is 5.76 Å². The maximum absolute atomic E-state index is 11.1. The van der Waals surface area contributed by atoms with Crippen molar-refractivity contribution in [3.63, 3.8) is 0 Å². The van der Waals surface area contributed by atoms with Crippen LogP contribution in [0.15, 0.2) is 74.3 Å². The molecular weight excluding hydrogens is 654 g/mol. The number of hydrogen-bond donors (Lipinski definition) is 1. The zero-order chi connectivity index (χ0) is 34.0. The van der Waals surface area contributed by atoms with Crippen molar-refractivity contribution in [2.45, 2.75) is 131 Å². The Morgan fingerprint density at radius 2 is 1.37 bits per heavy atom. The van der Waals surface area contributed by atoms with E-state index in [4.69, 9.17) is 24.7 Å². The Hall–Kier alpha value is -1.18. The Morgan fingerprint density at radius 1 is 0.870 bits per heavy atom. The summed E-state index contributed by atoms with van der Waals surface area (Å²) in [5, 5.41) is 0. The third kappa shape index (κ3) is 16.8. The van der Waals surface area contributed by atoms with Crippen molar-refractivity contribution in [3.8, 4) is 0 Å². The Labute approximate surface area is 307 Å². The first-order chi connectivity index (χ1) is 21.2. The SMILES string of the molecule is C=CC(=C)[CH-]F.C=COC(C)OC1CCC(C(C)(C)C2CCC(OC(C)O/C(C=C)=C/C=C/C(CCN)C(C)(C)C)CC2)CC1.[Y]. The van der Waals surface area contributed by atoms with E-state index in [1.165, 1.54) is 38.0 Å². The summed E-state index contributed by atoms with van der Waals surface area (Å²) in [5.74, 6) is 2.63. The second-order valence-corrected chi connectivity index (χ2v) is 14.2. The summed E-state index contributed by atoms with van der Waals surface area (Å²) in [6.45, 7) is 30.8. The maximum Gasteiger partial charge on any atom is 0.197 e. The van der Waals surface area contributed by atoms with E-state index in [2.05, 4.69) is 73.1 Å². The standard InChI is InChI=1S/C34H59NO4.C5H6F.Y/c1-10-30(14-12-13-27(23-24-35)33(5,6)7)38-26(4)39-32-21-17-29(18-22-32)34(8,9)28-15-19-31(20-16-28)37-25(3)36-11-2;1-3-5(2)4-6;/h10-14,25-29,31-32H,1-2,15-24,35H2,3-9H3;3-4H,1-2H2;/q;-1;/b13-12+,30-14+;;. The topological polar surface area (TPSA) is 62.9 Å². The monoisotopic (exact) mass is 719 g/mol. The first-order valence-electron chi connectivity index (χ1n) is 16.9. The summed E-state index contributed by atoms with van der Waals surface area (Å²) in [6.07, 6.45) is 21.2. The summed E-state index contributed by atoms with van der Waals surface area (Å²) in [7, 11) is 0. The average molecular weight is 720 g/mol. The number of halogens is 1. The molecule has 0 aromatic heterocycles. The largest absolute Gasteiger partial charge is 0.473 e. The number of nitrogens with two attached hydrogens (primary N) is 1. The molecule has 0 spiro atoms. The molecule has 2 fully saturated rings. The van der Waals surface area contributed by atoms with Crippen molar-refractivity contribution >= 4 is 0 Å². The molecule has 0 saturated heterocycles. The van der Waals surface area contributed by atoms with Gasteiger partial charge in [0.25, 0.3) is 0 Å². The van der Waals surface area contributed by atoms with Gasteiger partial charge in [-0.2, -0.15) is 24.8 Å². The molecule has 0 aromatic carbocycles. The molecule has 5 nitrogen and oxygen atoms in total. The molecular formula is C39H65FNO4Y-. The molecule has 1 radical (unpaired) electrons. The molecule has 2 N–H and O–H groups in total. The molecule has 3 unspecified atom stereocenters. The summed E-state index contributed by atoms with van der Waals surface area (Å²) in [4.78, 5) is 0. The fourth-order valence-electron chi connectivity index (χ4n) is 6.63. The molecule has 0 heterocycles. The predicted molar refractivity (Wildman–Crippen MR) is 188 cm³/mol.